The molecule has 1 saturated carbocycles. The Balaban J connectivity index is 2.43. The first kappa shape index (κ1) is 21.3. The van der Waals surface area contributed by atoms with Gasteiger partial charge in [-0.05, 0) is 31.5 Å². The van der Waals surface area contributed by atoms with Gasteiger partial charge in [0.25, 0.3) is 0 Å². The van der Waals surface area contributed by atoms with Crippen molar-refractivity contribution in [3.63, 3.8) is 0 Å². The summed E-state index contributed by atoms with van der Waals surface area (Å²) in [5.74, 6) is -0.331. The smallest absolute Gasteiger partial charge is 0.243 e. The first-order chi connectivity index (χ1) is 11.9. The van der Waals surface area contributed by atoms with Gasteiger partial charge in [-0.15, -0.1) is 23.2 Å². The first-order valence-electron chi connectivity index (χ1n) is 8.41. The number of hydrogen-bond donors (Lipinski definition) is 1. The van der Waals surface area contributed by atoms with E-state index in [9.17, 15) is 13.2 Å². The molecule has 0 bridgehead atoms. The van der Waals surface area contributed by atoms with E-state index < -0.39 is 19.8 Å². The van der Waals surface area contributed by atoms with Crippen LogP contribution in [0.25, 0.3) is 0 Å². The molecule has 0 heterocycles. The summed E-state index contributed by atoms with van der Waals surface area (Å²) in [6.07, 6.45) is 0.351. The molecule has 1 N–H and O–H groups in total. The molecule has 0 unspecified atom stereocenters. The molecule has 1 aromatic carbocycles. The van der Waals surface area contributed by atoms with Crippen molar-refractivity contribution in [1.82, 2.24) is 4.31 Å². The van der Waals surface area contributed by atoms with Crippen LogP contribution in [-0.4, -0.2) is 50.1 Å². The standard InChI is InChI=1S/C17H25Cl2N3O3S/c1-6-22(7-2)26(24,25)12-8-9-14(21(4)5)13(10-12)20-15(23)16(3)11-17(16,18)19/h8-10H,6-7,11H2,1-5H3,(H,20,23)/t16-/m0/s1. The Morgan fingerprint density at radius 2 is 1.77 bits per heavy atom. The minimum atomic E-state index is -3.63. The number of halogens is 2. The number of carbonyl (C=O) groups excluding carboxylic acids is 1. The van der Waals surface area contributed by atoms with Crippen LogP contribution < -0.4 is 10.2 Å². The van der Waals surface area contributed by atoms with Gasteiger partial charge in [0.2, 0.25) is 15.9 Å². The minimum Gasteiger partial charge on any atom is -0.376 e. The third kappa shape index (κ3) is 3.67. The van der Waals surface area contributed by atoms with E-state index in [1.165, 1.54) is 10.4 Å². The lowest BCUT2D eigenvalue weighted by Crippen LogP contribution is -2.31. The Labute approximate surface area is 165 Å². The van der Waals surface area contributed by atoms with E-state index in [2.05, 4.69) is 5.32 Å². The molecule has 1 atom stereocenters. The van der Waals surface area contributed by atoms with E-state index in [1.54, 1.807) is 37.8 Å². The maximum atomic E-state index is 12.8. The molecule has 6 nitrogen and oxygen atoms in total. The van der Waals surface area contributed by atoms with Gasteiger partial charge < -0.3 is 10.2 Å². The van der Waals surface area contributed by atoms with Gasteiger partial charge in [0.05, 0.1) is 21.7 Å². The zero-order valence-electron chi connectivity index (χ0n) is 15.6. The molecule has 1 aliphatic carbocycles. The van der Waals surface area contributed by atoms with Gasteiger partial charge in [0.15, 0.2) is 0 Å². The third-order valence-electron chi connectivity index (χ3n) is 4.80. The van der Waals surface area contributed by atoms with Crippen molar-refractivity contribution in [2.45, 2.75) is 36.4 Å². The van der Waals surface area contributed by atoms with Gasteiger partial charge in [-0.25, -0.2) is 8.42 Å². The number of hydrogen-bond acceptors (Lipinski definition) is 4. The van der Waals surface area contributed by atoms with Crippen LogP contribution in [0.4, 0.5) is 11.4 Å². The first-order valence-corrected chi connectivity index (χ1v) is 10.6. The van der Waals surface area contributed by atoms with E-state index in [0.717, 1.165) is 0 Å². The largest absolute Gasteiger partial charge is 0.376 e. The monoisotopic (exact) mass is 421 g/mol. The Kier molecular flexibility index (Phi) is 5.88. The van der Waals surface area contributed by atoms with Gasteiger partial charge in [-0.2, -0.15) is 4.31 Å². The maximum absolute atomic E-state index is 12.8. The Morgan fingerprint density at radius 3 is 2.19 bits per heavy atom. The summed E-state index contributed by atoms with van der Waals surface area (Å²) >= 11 is 12.2. The zero-order valence-corrected chi connectivity index (χ0v) is 18.0. The number of benzene rings is 1. The van der Waals surface area contributed by atoms with Crippen molar-refractivity contribution in [3.05, 3.63) is 18.2 Å². The molecule has 0 saturated heterocycles. The minimum absolute atomic E-state index is 0.131. The molecule has 0 radical (unpaired) electrons. The van der Waals surface area contributed by atoms with Crippen molar-refractivity contribution >= 4 is 50.5 Å². The molecule has 0 aromatic heterocycles. The van der Waals surface area contributed by atoms with Gasteiger partial charge in [0, 0.05) is 27.2 Å². The average Bonchev–Trinajstić information content (AvgIpc) is 3.07. The number of nitrogens with zero attached hydrogens (tertiary/aromatic N) is 2. The Morgan fingerprint density at radius 1 is 1.23 bits per heavy atom. The zero-order chi connectivity index (χ0) is 19.9. The summed E-state index contributed by atoms with van der Waals surface area (Å²) in [6.45, 7) is 6.00. The average molecular weight is 422 g/mol. The second-order valence-electron chi connectivity index (χ2n) is 6.83. The quantitative estimate of drug-likeness (QED) is 0.685. The summed E-state index contributed by atoms with van der Waals surface area (Å²) in [5, 5.41) is 2.80. The highest BCUT2D eigenvalue weighted by Crippen LogP contribution is 2.64. The summed E-state index contributed by atoms with van der Waals surface area (Å²) < 4.78 is 25.8. The van der Waals surface area contributed by atoms with E-state index >= 15 is 0 Å². The maximum Gasteiger partial charge on any atom is 0.243 e. The molecule has 0 aliphatic heterocycles. The predicted molar refractivity (Wildman–Crippen MR) is 107 cm³/mol. The van der Waals surface area contributed by atoms with Crippen LogP contribution in [0, 0.1) is 5.41 Å². The number of rotatable bonds is 7. The van der Waals surface area contributed by atoms with E-state index in [-0.39, 0.29) is 10.8 Å². The number of nitrogens with one attached hydrogen (secondary N) is 1. The van der Waals surface area contributed by atoms with Crippen molar-refractivity contribution in [2.24, 2.45) is 5.41 Å². The molecule has 146 valence electrons. The summed E-state index contributed by atoms with van der Waals surface area (Å²) in [7, 11) is -0.00273. The highest BCUT2D eigenvalue weighted by Gasteiger charge is 2.68. The number of amides is 1. The lowest BCUT2D eigenvalue weighted by atomic mass is 10.1. The second kappa shape index (κ2) is 7.19. The molecule has 1 aromatic rings. The van der Waals surface area contributed by atoms with E-state index in [1.807, 2.05) is 14.1 Å². The molecular formula is C17H25Cl2N3O3S. The highest BCUT2D eigenvalue weighted by atomic mass is 35.5. The molecule has 1 fully saturated rings. The summed E-state index contributed by atoms with van der Waals surface area (Å²) in [6, 6.07) is 4.71. The van der Waals surface area contributed by atoms with E-state index in [4.69, 9.17) is 23.2 Å². The summed E-state index contributed by atoms with van der Waals surface area (Å²) in [5.41, 5.74) is 0.203. The predicted octanol–water partition coefficient (Wildman–Crippen LogP) is 3.31. The number of anilines is 2. The molecule has 0 spiro atoms. The Bertz CT molecular complexity index is 807. The third-order valence-corrected chi connectivity index (χ3v) is 7.95. The topological polar surface area (TPSA) is 69.7 Å². The fourth-order valence-electron chi connectivity index (χ4n) is 2.78. The van der Waals surface area contributed by atoms with Crippen molar-refractivity contribution in [1.29, 1.82) is 0 Å². The summed E-state index contributed by atoms with van der Waals surface area (Å²) in [4.78, 5) is 14.6. The number of sulfonamides is 1. The van der Waals surface area contributed by atoms with Crippen LogP contribution in [0.15, 0.2) is 23.1 Å². The Hall–Kier alpha value is -1.02. The number of carbonyl (C=O) groups is 1. The lowest BCUT2D eigenvalue weighted by Gasteiger charge is -2.23. The van der Waals surface area contributed by atoms with E-state index in [0.29, 0.717) is 30.9 Å². The van der Waals surface area contributed by atoms with Crippen molar-refractivity contribution in [2.75, 3.05) is 37.4 Å². The van der Waals surface area contributed by atoms with Crippen molar-refractivity contribution in [3.8, 4) is 0 Å². The van der Waals surface area contributed by atoms with Crippen LogP contribution >= 0.6 is 23.2 Å². The molecule has 2 rings (SSSR count). The highest BCUT2D eigenvalue weighted by molar-refractivity contribution is 7.89. The number of alkyl halides is 2. The molecule has 1 aliphatic rings. The van der Waals surface area contributed by atoms with Crippen LogP contribution in [0.3, 0.4) is 0 Å². The lowest BCUT2D eigenvalue weighted by molar-refractivity contribution is -0.120. The second-order valence-corrected chi connectivity index (χ2v) is 10.3. The normalized spacial score (nSPS) is 21.5. The molecular weight excluding hydrogens is 397 g/mol. The van der Waals surface area contributed by atoms with Gasteiger partial charge in [-0.1, -0.05) is 13.8 Å². The van der Waals surface area contributed by atoms with Gasteiger partial charge in [0.1, 0.15) is 4.33 Å². The molecule has 26 heavy (non-hydrogen) atoms. The van der Waals surface area contributed by atoms with Crippen molar-refractivity contribution < 1.29 is 13.2 Å². The fraction of sp³-hybridized carbons (Fsp3) is 0.588. The SMILES string of the molecule is CCN(CC)S(=O)(=O)c1ccc(N(C)C)c(NC(=O)[C@]2(C)CC2(Cl)Cl)c1. The van der Waals surface area contributed by atoms with Crippen LogP contribution in [0.2, 0.25) is 0 Å². The van der Waals surface area contributed by atoms with Gasteiger partial charge >= 0.3 is 0 Å². The van der Waals surface area contributed by atoms with Gasteiger partial charge in [-0.3, -0.25) is 4.79 Å². The van der Waals surface area contributed by atoms with Crippen LogP contribution in [-0.2, 0) is 14.8 Å². The van der Waals surface area contributed by atoms with Crippen LogP contribution in [0.5, 0.6) is 0 Å². The molecule has 9 heteroatoms. The molecule has 1 amide bonds. The fourth-order valence-corrected chi connectivity index (χ4v) is 4.98. The van der Waals surface area contributed by atoms with Crippen LogP contribution in [0.1, 0.15) is 27.2 Å².